The summed E-state index contributed by atoms with van der Waals surface area (Å²) in [4.78, 5) is 26.3. The van der Waals surface area contributed by atoms with Crippen LogP contribution in [0.25, 0.3) is 0 Å². The van der Waals surface area contributed by atoms with Gasteiger partial charge in [-0.25, -0.2) is 0 Å². The summed E-state index contributed by atoms with van der Waals surface area (Å²) in [5.41, 5.74) is 1.93. The Morgan fingerprint density at radius 3 is 2.67 bits per heavy atom. The predicted molar refractivity (Wildman–Crippen MR) is 94.4 cm³/mol. The molecule has 1 atom stereocenters. The lowest BCUT2D eigenvalue weighted by Gasteiger charge is -2.17. The van der Waals surface area contributed by atoms with Crippen LogP contribution in [0.4, 0.5) is 11.4 Å². The first-order valence-corrected chi connectivity index (χ1v) is 8.23. The van der Waals surface area contributed by atoms with E-state index in [4.69, 9.17) is 5.26 Å². The number of benzene rings is 2. The number of rotatable bonds is 3. The van der Waals surface area contributed by atoms with E-state index in [1.165, 1.54) is 0 Å². The molecule has 24 heavy (non-hydrogen) atoms. The Morgan fingerprint density at radius 1 is 1.25 bits per heavy atom. The largest absolute Gasteiger partial charge is 0.326 e. The third-order valence-corrected chi connectivity index (χ3v) is 4.39. The molecule has 0 aliphatic carbocycles. The van der Waals surface area contributed by atoms with Crippen molar-refractivity contribution in [3.63, 3.8) is 0 Å². The van der Waals surface area contributed by atoms with Crippen molar-refractivity contribution in [3.8, 4) is 6.07 Å². The number of nitriles is 1. The average Bonchev–Trinajstić information content (AvgIpc) is 2.97. The van der Waals surface area contributed by atoms with E-state index in [0.29, 0.717) is 17.8 Å². The van der Waals surface area contributed by atoms with E-state index >= 15 is 0 Å². The Labute approximate surface area is 148 Å². The molecule has 120 valence electrons. The molecule has 1 N–H and O–H groups in total. The van der Waals surface area contributed by atoms with Crippen LogP contribution in [-0.4, -0.2) is 18.4 Å². The van der Waals surface area contributed by atoms with Gasteiger partial charge >= 0.3 is 0 Å². The van der Waals surface area contributed by atoms with E-state index in [9.17, 15) is 9.59 Å². The zero-order valence-corrected chi connectivity index (χ0v) is 14.3. The summed E-state index contributed by atoms with van der Waals surface area (Å²) in [5.74, 6) is -0.647. The zero-order valence-electron chi connectivity index (χ0n) is 12.7. The molecule has 1 saturated heterocycles. The van der Waals surface area contributed by atoms with Gasteiger partial charge in [-0.15, -0.1) is 0 Å². The third kappa shape index (κ3) is 3.47. The molecule has 0 spiro atoms. The van der Waals surface area contributed by atoms with Crippen LogP contribution in [0.15, 0.2) is 53.0 Å². The molecule has 3 rings (SSSR count). The first kappa shape index (κ1) is 16.2. The van der Waals surface area contributed by atoms with Crippen molar-refractivity contribution in [2.75, 3.05) is 16.8 Å². The van der Waals surface area contributed by atoms with E-state index in [0.717, 1.165) is 10.2 Å². The van der Waals surface area contributed by atoms with Gasteiger partial charge in [-0.1, -0.05) is 22.0 Å². The van der Waals surface area contributed by atoms with Crippen molar-refractivity contribution in [1.82, 2.24) is 0 Å². The number of nitrogens with zero attached hydrogens (tertiary/aromatic N) is 2. The number of nitrogens with one attached hydrogen (secondary N) is 1. The van der Waals surface area contributed by atoms with Crippen LogP contribution in [0.5, 0.6) is 0 Å². The molecule has 1 aliphatic heterocycles. The minimum absolute atomic E-state index is 0.0620. The van der Waals surface area contributed by atoms with Crippen LogP contribution in [0.1, 0.15) is 12.0 Å². The van der Waals surface area contributed by atoms with E-state index < -0.39 is 5.92 Å². The maximum absolute atomic E-state index is 12.4. The smallest absolute Gasteiger partial charge is 0.229 e. The lowest BCUT2D eigenvalue weighted by Crippen LogP contribution is -2.28. The highest BCUT2D eigenvalue weighted by Gasteiger charge is 2.35. The maximum Gasteiger partial charge on any atom is 0.229 e. The van der Waals surface area contributed by atoms with Crippen LogP contribution < -0.4 is 10.2 Å². The second kappa shape index (κ2) is 6.85. The highest BCUT2D eigenvalue weighted by atomic mass is 79.9. The number of hydrogen-bond acceptors (Lipinski definition) is 3. The lowest BCUT2D eigenvalue weighted by molar-refractivity contribution is -0.122. The Morgan fingerprint density at radius 2 is 2.00 bits per heavy atom. The first-order chi connectivity index (χ1) is 11.6. The first-order valence-electron chi connectivity index (χ1n) is 7.44. The topological polar surface area (TPSA) is 73.2 Å². The summed E-state index contributed by atoms with van der Waals surface area (Å²) in [6.07, 6.45) is 0.189. The van der Waals surface area contributed by atoms with E-state index in [-0.39, 0.29) is 18.2 Å². The van der Waals surface area contributed by atoms with Gasteiger partial charge in [-0.05, 0) is 42.5 Å². The molecule has 0 radical (unpaired) electrons. The van der Waals surface area contributed by atoms with E-state index in [1.807, 2.05) is 30.3 Å². The molecule has 0 bridgehead atoms. The van der Waals surface area contributed by atoms with Crippen molar-refractivity contribution in [2.24, 2.45) is 5.92 Å². The fourth-order valence-electron chi connectivity index (χ4n) is 2.65. The number of anilines is 2. The molecule has 2 aromatic rings. The predicted octanol–water partition coefficient (Wildman–Crippen LogP) is 3.31. The Bertz CT molecular complexity index is 827. The molecule has 1 aliphatic rings. The normalized spacial score (nSPS) is 16.8. The number of halogens is 1. The molecule has 1 heterocycles. The second-order valence-electron chi connectivity index (χ2n) is 5.56. The van der Waals surface area contributed by atoms with Gasteiger partial charge in [-0.3, -0.25) is 9.59 Å². The summed E-state index contributed by atoms with van der Waals surface area (Å²) in [6.45, 7) is 0.359. The van der Waals surface area contributed by atoms with Crippen LogP contribution in [-0.2, 0) is 9.59 Å². The van der Waals surface area contributed by atoms with Gasteiger partial charge in [0.1, 0.15) is 0 Å². The highest BCUT2D eigenvalue weighted by Crippen LogP contribution is 2.28. The van der Waals surface area contributed by atoms with Gasteiger partial charge in [0.15, 0.2) is 0 Å². The summed E-state index contributed by atoms with van der Waals surface area (Å²) in [5, 5.41) is 11.6. The van der Waals surface area contributed by atoms with Crippen LogP contribution in [0.2, 0.25) is 0 Å². The van der Waals surface area contributed by atoms with Gasteiger partial charge in [0, 0.05) is 28.8 Å². The molecule has 0 aromatic heterocycles. The van der Waals surface area contributed by atoms with Crippen molar-refractivity contribution >= 4 is 39.1 Å². The quantitative estimate of drug-likeness (QED) is 0.883. The van der Waals surface area contributed by atoms with Gasteiger partial charge in [0.05, 0.1) is 17.6 Å². The van der Waals surface area contributed by atoms with Crippen molar-refractivity contribution in [2.45, 2.75) is 6.42 Å². The summed E-state index contributed by atoms with van der Waals surface area (Å²) in [7, 11) is 0. The van der Waals surface area contributed by atoms with Gasteiger partial charge < -0.3 is 10.2 Å². The molecular weight excluding hydrogens is 370 g/mol. The fraction of sp³-hybridized carbons (Fsp3) is 0.167. The Kier molecular flexibility index (Phi) is 4.63. The zero-order chi connectivity index (χ0) is 17.1. The molecule has 1 fully saturated rings. The standard InChI is InChI=1S/C18H14BrN3O2/c19-14-2-1-3-16(9-14)22-11-13(8-17(22)23)18(24)21-15-6-4-12(10-20)5-7-15/h1-7,9,13H,8,11H2,(H,21,24). The van der Waals surface area contributed by atoms with Gasteiger partial charge in [0.2, 0.25) is 11.8 Å². The molecule has 1 unspecified atom stereocenters. The summed E-state index contributed by atoms with van der Waals surface area (Å²) < 4.78 is 0.887. The van der Waals surface area contributed by atoms with Crippen LogP contribution in [0, 0.1) is 17.2 Å². The summed E-state index contributed by atoms with van der Waals surface area (Å²) in [6, 6.07) is 16.1. The van der Waals surface area contributed by atoms with Crippen LogP contribution in [0.3, 0.4) is 0 Å². The van der Waals surface area contributed by atoms with Crippen molar-refractivity contribution in [1.29, 1.82) is 5.26 Å². The van der Waals surface area contributed by atoms with Crippen molar-refractivity contribution in [3.05, 3.63) is 58.6 Å². The highest BCUT2D eigenvalue weighted by molar-refractivity contribution is 9.10. The van der Waals surface area contributed by atoms with E-state index in [2.05, 4.69) is 21.2 Å². The monoisotopic (exact) mass is 383 g/mol. The molecule has 0 saturated carbocycles. The lowest BCUT2D eigenvalue weighted by atomic mass is 10.1. The maximum atomic E-state index is 12.4. The molecule has 5 nitrogen and oxygen atoms in total. The number of amides is 2. The molecule has 2 amide bonds. The van der Waals surface area contributed by atoms with Gasteiger partial charge in [0.25, 0.3) is 0 Å². The number of carbonyl (C=O) groups is 2. The SMILES string of the molecule is N#Cc1ccc(NC(=O)C2CC(=O)N(c3cccc(Br)c3)C2)cc1. The summed E-state index contributed by atoms with van der Waals surface area (Å²) >= 11 is 3.39. The van der Waals surface area contributed by atoms with Crippen LogP contribution >= 0.6 is 15.9 Å². The number of hydrogen-bond donors (Lipinski definition) is 1. The fourth-order valence-corrected chi connectivity index (χ4v) is 3.04. The molecular formula is C18H14BrN3O2. The molecule has 2 aromatic carbocycles. The van der Waals surface area contributed by atoms with Crippen molar-refractivity contribution < 1.29 is 9.59 Å². The minimum Gasteiger partial charge on any atom is -0.326 e. The Balaban J connectivity index is 1.68. The third-order valence-electron chi connectivity index (χ3n) is 3.90. The van der Waals surface area contributed by atoms with Gasteiger partial charge in [-0.2, -0.15) is 5.26 Å². The van der Waals surface area contributed by atoms with E-state index in [1.54, 1.807) is 29.2 Å². The second-order valence-corrected chi connectivity index (χ2v) is 6.48. The average molecular weight is 384 g/mol. The molecule has 6 heteroatoms. The Hall–Kier alpha value is -2.65. The number of carbonyl (C=O) groups excluding carboxylic acids is 2. The minimum atomic E-state index is -0.396.